The third kappa shape index (κ3) is 3.15. The summed E-state index contributed by atoms with van der Waals surface area (Å²) in [6, 6.07) is 15.3. The molecule has 0 saturated carbocycles. The van der Waals surface area contributed by atoms with Crippen molar-refractivity contribution in [3.63, 3.8) is 0 Å². The molecular formula is C16H17NO3. The van der Waals surface area contributed by atoms with E-state index in [1.807, 2.05) is 55.5 Å². The minimum absolute atomic E-state index is 0.149. The maximum atomic E-state index is 11.0. The van der Waals surface area contributed by atoms with E-state index in [-0.39, 0.29) is 17.4 Å². The molecule has 0 heterocycles. The quantitative estimate of drug-likeness (QED) is 0.618. The second-order valence-corrected chi connectivity index (χ2v) is 4.72. The van der Waals surface area contributed by atoms with E-state index in [1.54, 1.807) is 7.11 Å². The highest BCUT2D eigenvalue weighted by molar-refractivity contribution is 5.42. The Labute approximate surface area is 118 Å². The van der Waals surface area contributed by atoms with Crippen molar-refractivity contribution in [2.45, 2.75) is 12.8 Å². The van der Waals surface area contributed by atoms with Crippen LogP contribution in [0.1, 0.15) is 22.6 Å². The minimum atomic E-state index is -0.304. The van der Waals surface area contributed by atoms with Gasteiger partial charge in [-0.25, -0.2) is 0 Å². The van der Waals surface area contributed by atoms with E-state index in [9.17, 15) is 10.1 Å². The Bertz CT molecular complexity index is 593. The van der Waals surface area contributed by atoms with Gasteiger partial charge in [0, 0.05) is 10.5 Å². The first-order valence-corrected chi connectivity index (χ1v) is 6.43. The average Bonchev–Trinajstić information content (AvgIpc) is 2.45. The summed E-state index contributed by atoms with van der Waals surface area (Å²) in [4.78, 5) is 10.7. The number of benzene rings is 2. The third-order valence-corrected chi connectivity index (χ3v) is 3.33. The van der Waals surface area contributed by atoms with Crippen molar-refractivity contribution >= 4 is 0 Å². The zero-order chi connectivity index (χ0) is 14.5. The van der Waals surface area contributed by atoms with Crippen LogP contribution in [0.3, 0.4) is 0 Å². The molecule has 4 heteroatoms. The number of ether oxygens (including phenoxy) is 1. The first kappa shape index (κ1) is 14.1. The Kier molecular flexibility index (Phi) is 4.35. The molecule has 20 heavy (non-hydrogen) atoms. The van der Waals surface area contributed by atoms with Gasteiger partial charge in [-0.3, -0.25) is 10.1 Å². The second-order valence-electron chi connectivity index (χ2n) is 4.72. The molecule has 2 aromatic carbocycles. The fraction of sp³-hybridized carbons (Fsp3) is 0.250. The smallest absolute Gasteiger partial charge is 0.214 e. The van der Waals surface area contributed by atoms with Gasteiger partial charge in [0.2, 0.25) is 6.54 Å². The molecule has 0 N–H and O–H groups in total. The van der Waals surface area contributed by atoms with E-state index in [2.05, 4.69) is 0 Å². The van der Waals surface area contributed by atoms with Gasteiger partial charge >= 0.3 is 0 Å². The fourth-order valence-electron chi connectivity index (χ4n) is 2.29. The number of hydrogen-bond acceptors (Lipinski definition) is 3. The molecule has 0 aromatic heterocycles. The van der Waals surface area contributed by atoms with E-state index >= 15 is 0 Å². The van der Waals surface area contributed by atoms with E-state index in [4.69, 9.17) is 4.74 Å². The fourth-order valence-corrected chi connectivity index (χ4v) is 2.29. The van der Waals surface area contributed by atoms with Crippen molar-refractivity contribution in [1.29, 1.82) is 0 Å². The van der Waals surface area contributed by atoms with Gasteiger partial charge in [-0.15, -0.1) is 0 Å². The Balaban J connectivity index is 2.46. The van der Waals surface area contributed by atoms with Crippen molar-refractivity contribution < 1.29 is 9.66 Å². The standard InChI is InChI=1S/C16H17NO3/c1-12-7-9-13(10-8-12)15(11-17(18)19)14-5-3-4-6-16(14)20-2/h3-10,15H,11H2,1-2H3/t15-/m0/s1. The SMILES string of the molecule is COc1ccccc1[C@@H](C[N+](=O)[O-])c1ccc(C)cc1. The molecule has 104 valence electrons. The largest absolute Gasteiger partial charge is 0.496 e. The van der Waals surface area contributed by atoms with Gasteiger partial charge in [-0.2, -0.15) is 0 Å². The summed E-state index contributed by atoms with van der Waals surface area (Å²) in [5, 5.41) is 11.0. The van der Waals surface area contributed by atoms with Crippen LogP contribution in [0.25, 0.3) is 0 Å². The minimum Gasteiger partial charge on any atom is -0.496 e. The molecule has 0 fully saturated rings. The third-order valence-electron chi connectivity index (χ3n) is 3.33. The lowest BCUT2D eigenvalue weighted by molar-refractivity contribution is -0.481. The van der Waals surface area contributed by atoms with Crippen molar-refractivity contribution in [2.24, 2.45) is 0 Å². The molecule has 2 rings (SSSR count). The molecule has 0 aliphatic rings. The van der Waals surface area contributed by atoms with Crippen LogP contribution in [0.15, 0.2) is 48.5 Å². The van der Waals surface area contributed by atoms with Crippen LogP contribution in [0, 0.1) is 17.0 Å². The maximum absolute atomic E-state index is 11.0. The van der Waals surface area contributed by atoms with Gasteiger partial charge in [0.05, 0.1) is 13.0 Å². The Morgan fingerprint density at radius 3 is 2.40 bits per heavy atom. The van der Waals surface area contributed by atoms with Crippen LogP contribution in [-0.4, -0.2) is 18.6 Å². The predicted molar refractivity (Wildman–Crippen MR) is 77.9 cm³/mol. The number of methoxy groups -OCH3 is 1. The van der Waals surface area contributed by atoms with Crippen molar-refractivity contribution in [3.05, 3.63) is 75.3 Å². The van der Waals surface area contributed by atoms with Crippen LogP contribution < -0.4 is 4.74 Å². The number of rotatable bonds is 5. The van der Waals surface area contributed by atoms with Crippen LogP contribution in [0.2, 0.25) is 0 Å². The summed E-state index contributed by atoms with van der Waals surface area (Å²) in [7, 11) is 1.58. The van der Waals surface area contributed by atoms with Crippen molar-refractivity contribution in [1.82, 2.24) is 0 Å². The lowest BCUT2D eigenvalue weighted by atomic mass is 9.90. The first-order chi connectivity index (χ1) is 9.61. The highest BCUT2D eigenvalue weighted by Gasteiger charge is 2.23. The lowest BCUT2D eigenvalue weighted by Crippen LogP contribution is -2.14. The lowest BCUT2D eigenvalue weighted by Gasteiger charge is -2.17. The van der Waals surface area contributed by atoms with Crippen molar-refractivity contribution in [3.8, 4) is 5.75 Å². The zero-order valence-corrected chi connectivity index (χ0v) is 11.6. The normalized spacial score (nSPS) is 11.9. The summed E-state index contributed by atoms with van der Waals surface area (Å²) in [6.07, 6.45) is 0. The molecule has 4 nitrogen and oxygen atoms in total. The highest BCUT2D eigenvalue weighted by Crippen LogP contribution is 2.32. The molecular weight excluding hydrogens is 254 g/mol. The molecule has 0 bridgehead atoms. The Morgan fingerprint density at radius 1 is 1.15 bits per heavy atom. The van der Waals surface area contributed by atoms with E-state index in [0.29, 0.717) is 5.75 Å². The first-order valence-electron chi connectivity index (χ1n) is 6.43. The summed E-state index contributed by atoms with van der Waals surface area (Å²) >= 11 is 0. The van der Waals surface area contributed by atoms with E-state index in [0.717, 1.165) is 16.7 Å². The van der Waals surface area contributed by atoms with Crippen molar-refractivity contribution in [2.75, 3.05) is 13.7 Å². The van der Waals surface area contributed by atoms with Gasteiger partial charge in [0.25, 0.3) is 0 Å². The van der Waals surface area contributed by atoms with Gasteiger partial charge < -0.3 is 4.74 Å². The number of para-hydroxylation sites is 1. The van der Waals surface area contributed by atoms with Gasteiger partial charge in [0.15, 0.2) is 0 Å². The monoisotopic (exact) mass is 271 g/mol. The predicted octanol–water partition coefficient (Wildman–Crippen LogP) is 3.41. The Hall–Kier alpha value is -2.36. The average molecular weight is 271 g/mol. The van der Waals surface area contributed by atoms with Gasteiger partial charge in [-0.1, -0.05) is 48.0 Å². The molecule has 0 amide bonds. The number of hydrogen-bond donors (Lipinski definition) is 0. The summed E-state index contributed by atoms with van der Waals surface area (Å²) < 4.78 is 5.33. The van der Waals surface area contributed by atoms with Crippen LogP contribution in [0.5, 0.6) is 5.75 Å². The van der Waals surface area contributed by atoms with Crippen LogP contribution in [0.4, 0.5) is 0 Å². The van der Waals surface area contributed by atoms with Crippen LogP contribution in [-0.2, 0) is 0 Å². The zero-order valence-electron chi connectivity index (χ0n) is 11.6. The molecule has 0 aliphatic heterocycles. The molecule has 0 spiro atoms. The van der Waals surface area contributed by atoms with E-state index in [1.165, 1.54) is 0 Å². The summed E-state index contributed by atoms with van der Waals surface area (Å²) in [6.45, 7) is 1.85. The molecule has 1 atom stereocenters. The molecule has 0 saturated heterocycles. The van der Waals surface area contributed by atoms with Crippen LogP contribution >= 0.6 is 0 Å². The number of aryl methyl sites for hydroxylation is 1. The molecule has 2 aromatic rings. The highest BCUT2D eigenvalue weighted by atomic mass is 16.6. The molecule has 0 unspecified atom stereocenters. The number of nitrogens with zero attached hydrogens (tertiary/aromatic N) is 1. The molecule has 0 aliphatic carbocycles. The summed E-state index contributed by atoms with van der Waals surface area (Å²) in [5.74, 6) is 0.377. The van der Waals surface area contributed by atoms with E-state index < -0.39 is 0 Å². The molecule has 0 radical (unpaired) electrons. The summed E-state index contributed by atoms with van der Waals surface area (Å²) in [5.41, 5.74) is 2.90. The second kappa shape index (κ2) is 6.19. The number of nitro groups is 1. The van der Waals surface area contributed by atoms with Gasteiger partial charge in [0.1, 0.15) is 5.75 Å². The topological polar surface area (TPSA) is 52.4 Å². The maximum Gasteiger partial charge on any atom is 0.214 e. The van der Waals surface area contributed by atoms with Gasteiger partial charge in [-0.05, 0) is 18.6 Å². The Morgan fingerprint density at radius 2 is 1.80 bits per heavy atom.